The summed E-state index contributed by atoms with van der Waals surface area (Å²) in [7, 11) is 0. The van der Waals surface area contributed by atoms with Crippen LogP contribution in [0.4, 0.5) is 13.2 Å². The summed E-state index contributed by atoms with van der Waals surface area (Å²) < 4.78 is 40.7. The van der Waals surface area contributed by atoms with Crippen molar-refractivity contribution in [2.24, 2.45) is 0 Å². The molecule has 6 nitrogen and oxygen atoms in total. The SMILES string of the molecule is Oc1cc(-c2c(-n3cc(C(F)F)nn3)ccc(Cl)c2F)ncn1. The number of hydrogen-bond acceptors (Lipinski definition) is 5. The van der Waals surface area contributed by atoms with Gasteiger partial charge in [0, 0.05) is 6.07 Å². The van der Waals surface area contributed by atoms with Gasteiger partial charge in [0.15, 0.2) is 5.82 Å². The van der Waals surface area contributed by atoms with Gasteiger partial charge in [-0.05, 0) is 12.1 Å². The highest BCUT2D eigenvalue weighted by Gasteiger charge is 2.20. The fraction of sp³-hybridized carbons (Fsp3) is 0.0769. The van der Waals surface area contributed by atoms with Crippen molar-refractivity contribution in [2.45, 2.75) is 6.43 Å². The van der Waals surface area contributed by atoms with Crippen molar-refractivity contribution in [1.29, 1.82) is 0 Å². The number of halogens is 4. The van der Waals surface area contributed by atoms with Gasteiger partial charge in [0.05, 0.1) is 28.2 Å². The molecule has 23 heavy (non-hydrogen) atoms. The van der Waals surface area contributed by atoms with Crippen molar-refractivity contribution in [3.05, 3.63) is 47.3 Å². The summed E-state index contributed by atoms with van der Waals surface area (Å²) in [5.41, 5.74) is -0.580. The Balaban J connectivity index is 2.23. The maximum absolute atomic E-state index is 14.4. The normalized spacial score (nSPS) is 11.2. The predicted molar refractivity (Wildman–Crippen MR) is 74.0 cm³/mol. The maximum Gasteiger partial charge on any atom is 0.283 e. The molecule has 0 aliphatic carbocycles. The molecule has 0 fully saturated rings. The number of hydrogen-bond donors (Lipinski definition) is 1. The molecule has 118 valence electrons. The molecule has 2 heterocycles. The van der Waals surface area contributed by atoms with Crippen LogP contribution in [0.5, 0.6) is 5.88 Å². The lowest BCUT2D eigenvalue weighted by molar-refractivity contribution is 0.146. The first-order valence-corrected chi connectivity index (χ1v) is 6.55. The zero-order chi connectivity index (χ0) is 16.6. The van der Waals surface area contributed by atoms with Gasteiger partial charge in [-0.15, -0.1) is 5.10 Å². The van der Waals surface area contributed by atoms with Crippen molar-refractivity contribution in [3.63, 3.8) is 0 Å². The highest BCUT2D eigenvalue weighted by molar-refractivity contribution is 6.31. The number of benzene rings is 1. The first-order valence-electron chi connectivity index (χ1n) is 6.17. The van der Waals surface area contributed by atoms with Crippen LogP contribution in [0.15, 0.2) is 30.7 Å². The van der Waals surface area contributed by atoms with Crippen LogP contribution < -0.4 is 0 Å². The van der Waals surface area contributed by atoms with E-state index in [1.807, 2.05) is 0 Å². The van der Waals surface area contributed by atoms with Crippen molar-refractivity contribution < 1.29 is 18.3 Å². The zero-order valence-electron chi connectivity index (χ0n) is 11.2. The molecule has 3 aromatic rings. The zero-order valence-corrected chi connectivity index (χ0v) is 11.9. The second-order valence-corrected chi connectivity index (χ2v) is 4.81. The van der Waals surface area contributed by atoms with Gasteiger partial charge in [-0.1, -0.05) is 16.8 Å². The summed E-state index contributed by atoms with van der Waals surface area (Å²) in [6.07, 6.45) is -0.814. The Kier molecular flexibility index (Phi) is 3.87. The fourth-order valence-corrected chi connectivity index (χ4v) is 2.11. The highest BCUT2D eigenvalue weighted by atomic mass is 35.5. The van der Waals surface area contributed by atoms with Gasteiger partial charge in [0.2, 0.25) is 5.88 Å². The first kappa shape index (κ1) is 15.2. The standard InChI is InChI=1S/C13H7ClF3N5O/c14-6-1-2-9(22-4-8(13(16)17)20-21-22)11(12(6)15)7-3-10(23)19-5-18-7/h1-5,13H,(H,18,19,23). The van der Waals surface area contributed by atoms with Gasteiger partial charge >= 0.3 is 0 Å². The topological polar surface area (TPSA) is 76.7 Å². The molecule has 0 radical (unpaired) electrons. The van der Waals surface area contributed by atoms with E-state index >= 15 is 0 Å². The van der Waals surface area contributed by atoms with E-state index in [0.717, 1.165) is 23.3 Å². The molecule has 1 N–H and O–H groups in total. The average molecular weight is 342 g/mol. The van der Waals surface area contributed by atoms with Gasteiger partial charge in [0.1, 0.15) is 12.0 Å². The minimum Gasteiger partial charge on any atom is -0.493 e. The Hall–Kier alpha value is -2.68. The summed E-state index contributed by atoms with van der Waals surface area (Å²) in [6.45, 7) is 0. The average Bonchev–Trinajstić information content (AvgIpc) is 2.99. The van der Waals surface area contributed by atoms with Crippen LogP contribution in [0.3, 0.4) is 0 Å². The maximum atomic E-state index is 14.4. The van der Waals surface area contributed by atoms with Crippen molar-refractivity contribution in [2.75, 3.05) is 0 Å². The van der Waals surface area contributed by atoms with E-state index in [2.05, 4.69) is 20.3 Å². The predicted octanol–water partition coefficient (Wildman–Crippen LogP) is 3.16. The minimum absolute atomic E-state index is 0.0154. The molecule has 3 rings (SSSR count). The van der Waals surface area contributed by atoms with Gasteiger partial charge in [0.25, 0.3) is 6.43 Å². The van der Waals surface area contributed by atoms with Gasteiger partial charge in [-0.25, -0.2) is 27.8 Å². The molecular weight excluding hydrogens is 335 g/mol. The summed E-state index contributed by atoms with van der Waals surface area (Å²) in [6, 6.07) is 3.74. The minimum atomic E-state index is -2.81. The first-order chi connectivity index (χ1) is 11.0. The number of aromatic hydroxyl groups is 1. The highest BCUT2D eigenvalue weighted by Crippen LogP contribution is 2.33. The van der Waals surface area contributed by atoms with Crippen molar-refractivity contribution in [3.8, 4) is 22.8 Å². The van der Waals surface area contributed by atoms with E-state index in [4.69, 9.17) is 11.6 Å². The molecule has 1 aromatic carbocycles. The third-order valence-electron chi connectivity index (χ3n) is 2.96. The van der Waals surface area contributed by atoms with Crippen LogP contribution in [0, 0.1) is 5.82 Å². The van der Waals surface area contributed by atoms with E-state index in [1.54, 1.807) is 0 Å². The third kappa shape index (κ3) is 2.82. The molecule has 0 bridgehead atoms. The number of nitrogens with zero attached hydrogens (tertiary/aromatic N) is 5. The Morgan fingerprint density at radius 1 is 1.22 bits per heavy atom. The van der Waals surface area contributed by atoms with E-state index in [0.29, 0.717) is 0 Å². The van der Waals surface area contributed by atoms with Crippen LogP contribution in [0.25, 0.3) is 16.9 Å². The Labute approximate surface area is 132 Å². The molecule has 0 saturated carbocycles. The van der Waals surface area contributed by atoms with E-state index in [9.17, 15) is 18.3 Å². The molecule has 0 atom stereocenters. The summed E-state index contributed by atoms with van der Waals surface area (Å²) >= 11 is 5.77. The van der Waals surface area contributed by atoms with Crippen molar-refractivity contribution >= 4 is 11.6 Å². The molecule has 0 aliphatic rings. The second-order valence-electron chi connectivity index (χ2n) is 4.41. The lowest BCUT2D eigenvalue weighted by Gasteiger charge is -2.11. The second kappa shape index (κ2) is 5.84. The molecule has 0 saturated heterocycles. The van der Waals surface area contributed by atoms with Crippen LogP contribution >= 0.6 is 11.6 Å². The summed E-state index contributed by atoms with van der Waals surface area (Å²) in [4.78, 5) is 7.36. The molecule has 10 heteroatoms. The largest absolute Gasteiger partial charge is 0.493 e. The fourth-order valence-electron chi connectivity index (χ4n) is 1.95. The van der Waals surface area contributed by atoms with Gasteiger partial charge < -0.3 is 5.11 Å². The Bertz CT molecular complexity index is 871. The van der Waals surface area contributed by atoms with E-state index in [1.165, 1.54) is 12.1 Å². The summed E-state index contributed by atoms with van der Waals surface area (Å²) in [5.74, 6) is -1.22. The van der Waals surface area contributed by atoms with E-state index < -0.39 is 17.9 Å². The van der Waals surface area contributed by atoms with Crippen LogP contribution in [0.1, 0.15) is 12.1 Å². The van der Waals surface area contributed by atoms with Crippen molar-refractivity contribution in [1.82, 2.24) is 25.0 Å². The van der Waals surface area contributed by atoms with Crippen LogP contribution in [-0.2, 0) is 0 Å². The Morgan fingerprint density at radius 3 is 2.65 bits per heavy atom. The van der Waals surface area contributed by atoms with Gasteiger partial charge in [-0.3, -0.25) is 0 Å². The smallest absolute Gasteiger partial charge is 0.283 e. The van der Waals surface area contributed by atoms with Crippen LogP contribution in [0.2, 0.25) is 5.02 Å². The third-order valence-corrected chi connectivity index (χ3v) is 3.26. The quantitative estimate of drug-likeness (QED) is 0.792. The Morgan fingerprint density at radius 2 is 2.00 bits per heavy atom. The van der Waals surface area contributed by atoms with Gasteiger partial charge in [-0.2, -0.15) is 0 Å². The molecule has 2 aromatic heterocycles. The molecular formula is C13H7ClF3N5O. The lowest BCUT2D eigenvalue weighted by Crippen LogP contribution is -2.02. The molecule has 0 aliphatic heterocycles. The molecule has 0 spiro atoms. The number of rotatable bonds is 3. The van der Waals surface area contributed by atoms with Crippen LogP contribution in [-0.4, -0.2) is 30.1 Å². The number of aromatic nitrogens is 5. The number of alkyl halides is 2. The monoisotopic (exact) mass is 341 g/mol. The lowest BCUT2D eigenvalue weighted by atomic mass is 10.1. The molecule has 0 amide bonds. The summed E-state index contributed by atoms with van der Waals surface area (Å²) in [5, 5.41) is 16.1. The van der Waals surface area contributed by atoms with E-state index in [-0.39, 0.29) is 27.8 Å². The molecule has 0 unspecified atom stereocenters.